The van der Waals surface area contributed by atoms with Crippen molar-refractivity contribution in [2.75, 3.05) is 6.61 Å². The molecule has 0 saturated carbocycles. The third kappa shape index (κ3) is 3.70. The standard InChI is InChI=1S/C14H20O2/c1-10(2)7-8-16-14-9-11(3)5-6-13(14)12(4)15/h5-7,9,12,15H,8H2,1-4H3/t12-/m0/s1. The van der Waals surface area contributed by atoms with Crippen LogP contribution in [-0.4, -0.2) is 11.7 Å². The van der Waals surface area contributed by atoms with E-state index in [0.29, 0.717) is 6.61 Å². The Morgan fingerprint density at radius 1 is 1.44 bits per heavy atom. The van der Waals surface area contributed by atoms with E-state index in [0.717, 1.165) is 16.9 Å². The van der Waals surface area contributed by atoms with Crippen LogP contribution in [-0.2, 0) is 0 Å². The molecular formula is C14H20O2. The van der Waals surface area contributed by atoms with Gasteiger partial charge in [-0.1, -0.05) is 17.7 Å². The summed E-state index contributed by atoms with van der Waals surface area (Å²) in [6.07, 6.45) is 1.52. The molecule has 88 valence electrons. The minimum Gasteiger partial charge on any atom is -0.489 e. The zero-order valence-electron chi connectivity index (χ0n) is 10.4. The Kier molecular flexibility index (Phi) is 4.56. The van der Waals surface area contributed by atoms with Gasteiger partial charge >= 0.3 is 0 Å². The Hall–Kier alpha value is -1.28. The lowest BCUT2D eigenvalue weighted by molar-refractivity contribution is 0.193. The van der Waals surface area contributed by atoms with Crippen molar-refractivity contribution >= 4 is 0 Å². The molecule has 0 spiro atoms. The van der Waals surface area contributed by atoms with E-state index in [9.17, 15) is 5.11 Å². The molecule has 1 rings (SSSR count). The summed E-state index contributed by atoms with van der Waals surface area (Å²) in [7, 11) is 0. The van der Waals surface area contributed by atoms with Gasteiger partial charge in [-0.15, -0.1) is 0 Å². The fraction of sp³-hybridized carbons (Fsp3) is 0.429. The minimum atomic E-state index is -0.498. The fourth-order valence-electron chi connectivity index (χ4n) is 1.41. The van der Waals surface area contributed by atoms with Gasteiger partial charge in [-0.05, 0) is 45.4 Å². The average Bonchev–Trinajstić information content (AvgIpc) is 2.16. The number of ether oxygens (including phenoxy) is 1. The van der Waals surface area contributed by atoms with Crippen LogP contribution >= 0.6 is 0 Å². The van der Waals surface area contributed by atoms with Crippen molar-refractivity contribution in [3.63, 3.8) is 0 Å². The van der Waals surface area contributed by atoms with Gasteiger partial charge < -0.3 is 9.84 Å². The molecule has 1 aromatic rings. The SMILES string of the molecule is CC(C)=CCOc1cc(C)ccc1[C@H](C)O. The maximum absolute atomic E-state index is 9.61. The average molecular weight is 220 g/mol. The van der Waals surface area contributed by atoms with Crippen molar-refractivity contribution in [1.29, 1.82) is 0 Å². The van der Waals surface area contributed by atoms with Gasteiger partial charge in [0.25, 0.3) is 0 Å². The second-order valence-electron chi connectivity index (χ2n) is 4.31. The van der Waals surface area contributed by atoms with Crippen LogP contribution in [0.2, 0.25) is 0 Å². The molecule has 0 unspecified atom stereocenters. The van der Waals surface area contributed by atoms with Crippen molar-refractivity contribution < 1.29 is 9.84 Å². The van der Waals surface area contributed by atoms with Crippen LogP contribution in [0, 0.1) is 6.92 Å². The quantitative estimate of drug-likeness (QED) is 0.788. The Balaban J connectivity index is 2.84. The van der Waals surface area contributed by atoms with Crippen LogP contribution in [0.15, 0.2) is 29.8 Å². The molecule has 1 atom stereocenters. The van der Waals surface area contributed by atoms with E-state index >= 15 is 0 Å². The molecule has 0 aliphatic carbocycles. The molecule has 1 aromatic carbocycles. The zero-order valence-corrected chi connectivity index (χ0v) is 10.4. The molecule has 0 radical (unpaired) electrons. The maximum atomic E-state index is 9.61. The molecule has 0 amide bonds. The Morgan fingerprint density at radius 2 is 2.12 bits per heavy atom. The Bertz CT molecular complexity index is 374. The summed E-state index contributed by atoms with van der Waals surface area (Å²) in [5, 5.41) is 9.61. The molecule has 0 aromatic heterocycles. The van der Waals surface area contributed by atoms with Gasteiger partial charge in [0, 0.05) is 5.56 Å². The zero-order chi connectivity index (χ0) is 12.1. The molecule has 0 aliphatic heterocycles. The van der Waals surface area contributed by atoms with Crippen molar-refractivity contribution in [3.05, 3.63) is 41.0 Å². The summed E-state index contributed by atoms with van der Waals surface area (Å²) in [6.45, 7) is 8.38. The van der Waals surface area contributed by atoms with Crippen LogP contribution < -0.4 is 4.74 Å². The van der Waals surface area contributed by atoms with Crippen LogP contribution in [0.5, 0.6) is 5.75 Å². The molecule has 2 heteroatoms. The lowest BCUT2D eigenvalue weighted by atomic mass is 10.1. The second-order valence-corrected chi connectivity index (χ2v) is 4.31. The predicted molar refractivity (Wildman–Crippen MR) is 66.7 cm³/mol. The molecule has 0 heterocycles. The summed E-state index contributed by atoms with van der Waals surface area (Å²) in [5.74, 6) is 0.771. The number of hydrogen-bond donors (Lipinski definition) is 1. The van der Waals surface area contributed by atoms with E-state index in [2.05, 4.69) is 0 Å². The molecule has 1 N–H and O–H groups in total. The van der Waals surface area contributed by atoms with Crippen molar-refractivity contribution in [2.45, 2.75) is 33.8 Å². The smallest absolute Gasteiger partial charge is 0.125 e. The summed E-state index contributed by atoms with van der Waals surface area (Å²) in [5.41, 5.74) is 3.20. The van der Waals surface area contributed by atoms with Crippen LogP contribution in [0.4, 0.5) is 0 Å². The molecule has 0 bridgehead atoms. The van der Waals surface area contributed by atoms with Gasteiger partial charge in [0.2, 0.25) is 0 Å². The third-order valence-electron chi connectivity index (χ3n) is 2.35. The highest BCUT2D eigenvalue weighted by Gasteiger charge is 2.08. The predicted octanol–water partition coefficient (Wildman–Crippen LogP) is 3.39. The summed E-state index contributed by atoms with van der Waals surface area (Å²) in [4.78, 5) is 0. The summed E-state index contributed by atoms with van der Waals surface area (Å²) in [6, 6.07) is 5.86. The van der Waals surface area contributed by atoms with E-state index in [-0.39, 0.29) is 0 Å². The van der Waals surface area contributed by atoms with Crippen molar-refractivity contribution in [3.8, 4) is 5.75 Å². The number of hydrogen-bond acceptors (Lipinski definition) is 2. The normalized spacial score (nSPS) is 12.1. The number of rotatable bonds is 4. The Morgan fingerprint density at radius 3 is 2.69 bits per heavy atom. The van der Waals surface area contributed by atoms with E-state index < -0.39 is 6.10 Å². The van der Waals surface area contributed by atoms with Crippen LogP contribution in [0.25, 0.3) is 0 Å². The van der Waals surface area contributed by atoms with Gasteiger partial charge in [-0.3, -0.25) is 0 Å². The largest absolute Gasteiger partial charge is 0.489 e. The van der Waals surface area contributed by atoms with Crippen molar-refractivity contribution in [2.24, 2.45) is 0 Å². The number of allylic oxidation sites excluding steroid dienone is 1. The van der Waals surface area contributed by atoms with E-state index in [1.807, 2.05) is 45.0 Å². The van der Waals surface area contributed by atoms with E-state index in [1.165, 1.54) is 5.57 Å². The lowest BCUT2D eigenvalue weighted by Gasteiger charge is -2.13. The highest BCUT2D eigenvalue weighted by Crippen LogP contribution is 2.26. The molecule has 0 fully saturated rings. The molecule has 0 aliphatic rings. The summed E-state index contributed by atoms with van der Waals surface area (Å²) >= 11 is 0. The van der Waals surface area contributed by atoms with Gasteiger partial charge in [-0.25, -0.2) is 0 Å². The van der Waals surface area contributed by atoms with Gasteiger partial charge in [-0.2, -0.15) is 0 Å². The molecule has 2 nitrogen and oxygen atoms in total. The van der Waals surface area contributed by atoms with Gasteiger partial charge in [0.1, 0.15) is 12.4 Å². The van der Waals surface area contributed by atoms with E-state index in [4.69, 9.17) is 4.74 Å². The number of aryl methyl sites for hydroxylation is 1. The molecular weight excluding hydrogens is 200 g/mol. The van der Waals surface area contributed by atoms with Crippen molar-refractivity contribution in [1.82, 2.24) is 0 Å². The topological polar surface area (TPSA) is 29.5 Å². The molecule has 16 heavy (non-hydrogen) atoms. The van der Waals surface area contributed by atoms with Crippen LogP contribution in [0.3, 0.4) is 0 Å². The monoisotopic (exact) mass is 220 g/mol. The maximum Gasteiger partial charge on any atom is 0.125 e. The van der Waals surface area contributed by atoms with Gasteiger partial charge in [0.15, 0.2) is 0 Å². The first kappa shape index (κ1) is 12.8. The van der Waals surface area contributed by atoms with E-state index in [1.54, 1.807) is 6.92 Å². The number of aliphatic hydroxyl groups excluding tert-OH is 1. The lowest BCUT2D eigenvalue weighted by Crippen LogP contribution is -2.01. The van der Waals surface area contributed by atoms with Crippen LogP contribution in [0.1, 0.15) is 38.0 Å². The molecule has 0 saturated heterocycles. The second kappa shape index (κ2) is 5.71. The fourth-order valence-corrected chi connectivity index (χ4v) is 1.41. The number of benzene rings is 1. The summed E-state index contributed by atoms with van der Waals surface area (Å²) < 4.78 is 5.65. The third-order valence-corrected chi connectivity index (χ3v) is 2.35. The first-order valence-electron chi connectivity index (χ1n) is 5.55. The Labute approximate surface area is 97.6 Å². The van der Waals surface area contributed by atoms with Gasteiger partial charge in [0.05, 0.1) is 6.10 Å². The highest BCUT2D eigenvalue weighted by molar-refractivity contribution is 5.38. The number of aliphatic hydroxyl groups is 1. The minimum absolute atomic E-state index is 0.498. The first-order chi connectivity index (χ1) is 7.50. The highest BCUT2D eigenvalue weighted by atomic mass is 16.5. The first-order valence-corrected chi connectivity index (χ1v) is 5.55.